The fourth-order valence-corrected chi connectivity index (χ4v) is 0.871. The van der Waals surface area contributed by atoms with Crippen LogP contribution in [0.25, 0.3) is 0 Å². The van der Waals surface area contributed by atoms with E-state index in [0.29, 0.717) is 0 Å². The zero-order chi connectivity index (χ0) is 9.45. The van der Waals surface area contributed by atoms with E-state index in [9.17, 15) is 5.11 Å². The number of aliphatic hydroxyl groups is 1. The molecular formula is C10H21NO. The van der Waals surface area contributed by atoms with Gasteiger partial charge in [-0.2, -0.15) is 0 Å². The highest BCUT2D eigenvalue weighted by atomic mass is 16.3. The lowest BCUT2D eigenvalue weighted by Gasteiger charge is -2.16. The number of hydrogen-bond acceptors (Lipinski definition) is 2. The third kappa shape index (κ3) is 9.66. The molecule has 0 spiro atoms. The van der Waals surface area contributed by atoms with Gasteiger partial charge in [-0.05, 0) is 46.7 Å². The molecule has 12 heavy (non-hydrogen) atoms. The molecule has 0 rings (SSSR count). The monoisotopic (exact) mass is 171 g/mol. The zero-order valence-electron chi connectivity index (χ0n) is 8.43. The molecule has 0 amide bonds. The summed E-state index contributed by atoms with van der Waals surface area (Å²) in [7, 11) is 0. The maximum absolute atomic E-state index is 9.37. The molecule has 0 saturated heterocycles. The number of nitrogens with one attached hydrogen (secondary N) is 1. The predicted molar refractivity (Wildman–Crippen MR) is 53.2 cm³/mol. The second-order valence-corrected chi connectivity index (χ2v) is 3.67. The van der Waals surface area contributed by atoms with Crippen LogP contribution in [0.4, 0.5) is 0 Å². The highest BCUT2D eigenvalue weighted by Crippen LogP contribution is 2.04. The minimum Gasteiger partial charge on any atom is -0.390 e. The molecule has 0 aromatic rings. The summed E-state index contributed by atoms with van der Waals surface area (Å²) in [6, 6.07) is 0. The summed E-state index contributed by atoms with van der Waals surface area (Å²) >= 11 is 0. The van der Waals surface area contributed by atoms with Gasteiger partial charge in [0.05, 0.1) is 5.60 Å². The van der Waals surface area contributed by atoms with E-state index in [-0.39, 0.29) is 0 Å². The van der Waals surface area contributed by atoms with Gasteiger partial charge in [0.1, 0.15) is 0 Å². The van der Waals surface area contributed by atoms with Crippen LogP contribution in [0.5, 0.6) is 0 Å². The van der Waals surface area contributed by atoms with E-state index in [1.807, 2.05) is 20.8 Å². The van der Waals surface area contributed by atoms with Gasteiger partial charge in [0.25, 0.3) is 0 Å². The Bertz CT molecular complexity index is 124. The topological polar surface area (TPSA) is 32.3 Å². The Balaban J connectivity index is 3.11. The van der Waals surface area contributed by atoms with Crippen LogP contribution >= 0.6 is 0 Å². The van der Waals surface area contributed by atoms with Crippen molar-refractivity contribution in [2.75, 3.05) is 13.1 Å². The van der Waals surface area contributed by atoms with Crippen LogP contribution in [0.3, 0.4) is 0 Å². The van der Waals surface area contributed by atoms with Gasteiger partial charge in [-0.15, -0.1) is 0 Å². The van der Waals surface area contributed by atoms with Gasteiger partial charge < -0.3 is 10.4 Å². The van der Waals surface area contributed by atoms with Gasteiger partial charge in [0.2, 0.25) is 0 Å². The first-order valence-corrected chi connectivity index (χ1v) is 4.60. The van der Waals surface area contributed by atoms with Gasteiger partial charge >= 0.3 is 0 Å². The fourth-order valence-electron chi connectivity index (χ4n) is 0.871. The Labute approximate surface area is 75.7 Å². The summed E-state index contributed by atoms with van der Waals surface area (Å²) in [6.45, 7) is 7.58. The van der Waals surface area contributed by atoms with E-state index >= 15 is 0 Å². The molecule has 0 aliphatic heterocycles. The second kappa shape index (κ2) is 6.21. The van der Waals surface area contributed by atoms with Gasteiger partial charge in [-0.25, -0.2) is 0 Å². The maximum atomic E-state index is 9.37. The van der Waals surface area contributed by atoms with Crippen LogP contribution in [0, 0.1) is 0 Å². The smallest absolute Gasteiger partial charge is 0.0603 e. The first kappa shape index (κ1) is 11.7. The summed E-state index contributed by atoms with van der Waals surface area (Å²) in [5.74, 6) is 0. The zero-order valence-corrected chi connectivity index (χ0v) is 8.43. The summed E-state index contributed by atoms with van der Waals surface area (Å²) < 4.78 is 0. The van der Waals surface area contributed by atoms with Crippen LogP contribution in [0.1, 0.15) is 33.6 Å². The molecule has 0 saturated carbocycles. The summed E-state index contributed by atoms with van der Waals surface area (Å²) in [5.41, 5.74) is -0.534. The van der Waals surface area contributed by atoms with E-state index in [0.717, 1.165) is 25.9 Å². The Hall–Kier alpha value is -0.340. The van der Waals surface area contributed by atoms with E-state index < -0.39 is 5.60 Å². The molecule has 2 N–H and O–H groups in total. The predicted octanol–water partition coefficient (Wildman–Crippen LogP) is 1.70. The molecule has 72 valence electrons. The van der Waals surface area contributed by atoms with Crippen molar-refractivity contribution in [3.63, 3.8) is 0 Å². The second-order valence-electron chi connectivity index (χ2n) is 3.67. The van der Waals surface area contributed by atoms with Crippen molar-refractivity contribution in [3.8, 4) is 0 Å². The molecule has 0 aliphatic rings. The van der Waals surface area contributed by atoms with Crippen LogP contribution in [-0.4, -0.2) is 23.8 Å². The van der Waals surface area contributed by atoms with Crippen molar-refractivity contribution in [3.05, 3.63) is 12.2 Å². The molecule has 0 atom stereocenters. The SMILES string of the molecule is C/C=C/CCNCCC(C)(C)O. The average molecular weight is 171 g/mol. The molecule has 0 unspecified atom stereocenters. The number of rotatable bonds is 6. The standard InChI is InChI=1S/C10H21NO/c1-4-5-6-8-11-9-7-10(2,3)12/h4-5,11-12H,6-9H2,1-3H3/b5-4+. The quantitative estimate of drug-likeness (QED) is 0.471. The summed E-state index contributed by atoms with van der Waals surface area (Å²) in [4.78, 5) is 0. The van der Waals surface area contributed by atoms with Crippen LogP contribution in [0.2, 0.25) is 0 Å². The maximum Gasteiger partial charge on any atom is 0.0603 e. The molecular weight excluding hydrogens is 150 g/mol. The van der Waals surface area contributed by atoms with Crippen molar-refractivity contribution in [2.24, 2.45) is 0 Å². The molecule has 2 nitrogen and oxygen atoms in total. The Kier molecular flexibility index (Phi) is 6.03. The van der Waals surface area contributed by atoms with E-state index in [1.54, 1.807) is 0 Å². The lowest BCUT2D eigenvalue weighted by molar-refractivity contribution is 0.0713. The van der Waals surface area contributed by atoms with Crippen molar-refractivity contribution < 1.29 is 5.11 Å². The molecule has 0 aromatic carbocycles. The molecule has 0 radical (unpaired) electrons. The number of hydrogen-bond donors (Lipinski definition) is 2. The van der Waals surface area contributed by atoms with E-state index in [4.69, 9.17) is 0 Å². The minimum absolute atomic E-state index is 0.534. The molecule has 0 aliphatic carbocycles. The Morgan fingerprint density at radius 2 is 2.00 bits per heavy atom. The summed E-state index contributed by atoms with van der Waals surface area (Å²) in [6.07, 6.45) is 6.07. The summed E-state index contributed by atoms with van der Waals surface area (Å²) in [5, 5.41) is 12.6. The normalized spacial score (nSPS) is 12.7. The lowest BCUT2D eigenvalue weighted by Crippen LogP contribution is -2.27. The molecule has 0 bridgehead atoms. The Morgan fingerprint density at radius 1 is 1.33 bits per heavy atom. The Morgan fingerprint density at radius 3 is 2.50 bits per heavy atom. The van der Waals surface area contributed by atoms with Gasteiger partial charge in [0.15, 0.2) is 0 Å². The number of allylic oxidation sites excluding steroid dienone is 1. The van der Waals surface area contributed by atoms with Crippen molar-refractivity contribution in [1.82, 2.24) is 5.32 Å². The molecule has 2 heteroatoms. The first-order valence-electron chi connectivity index (χ1n) is 4.60. The average Bonchev–Trinajstić information content (AvgIpc) is 1.94. The van der Waals surface area contributed by atoms with E-state index in [1.165, 1.54) is 0 Å². The highest BCUT2D eigenvalue weighted by molar-refractivity contribution is 4.77. The van der Waals surface area contributed by atoms with Gasteiger partial charge in [-0.1, -0.05) is 12.2 Å². The van der Waals surface area contributed by atoms with Crippen molar-refractivity contribution in [2.45, 2.75) is 39.2 Å². The van der Waals surface area contributed by atoms with Crippen molar-refractivity contribution >= 4 is 0 Å². The fraction of sp³-hybridized carbons (Fsp3) is 0.800. The molecule has 0 fully saturated rings. The van der Waals surface area contributed by atoms with Crippen molar-refractivity contribution in [1.29, 1.82) is 0 Å². The minimum atomic E-state index is -0.534. The third-order valence-corrected chi connectivity index (χ3v) is 1.64. The third-order valence-electron chi connectivity index (χ3n) is 1.64. The lowest BCUT2D eigenvalue weighted by atomic mass is 10.1. The van der Waals surface area contributed by atoms with Crippen LogP contribution in [0.15, 0.2) is 12.2 Å². The molecule has 0 aromatic heterocycles. The molecule has 0 heterocycles. The van der Waals surface area contributed by atoms with Crippen LogP contribution < -0.4 is 5.32 Å². The van der Waals surface area contributed by atoms with Gasteiger partial charge in [-0.3, -0.25) is 0 Å². The van der Waals surface area contributed by atoms with Crippen LogP contribution in [-0.2, 0) is 0 Å². The first-order chi connectivity index (χ1) is 5.56. The van der Waals surface area contributed by atoms with Gasteiger partial charge in [0, 0.05) is 0 Å². The largest absolute Gasteiger partial charge is 0.390 e. The van der Waals surface area contributed by atoms with E-state index in [2.05, 4.69) is 17.5 Å². The highest BCUT2D eigenvalue weighted by Gasteiger charge is 2.10.